The Hall–Kier alpha value is -2.37. The zero-order valence-electron chi connectivity index (χ0n) is 12.7. The van der Waals surface area contributed by atoms with Gasteiger partial charge in [-0.05, 0) is 43.5 Å². The van der Waals surface area contributed by atoms with E-state index in [9.17, 15) is 9.18 Å². The second-order valence-corrected chi connectivity index (χ2v) is 6.20. The summed E-state index contributed by atoms with van der Waals surface area (Å²) < 4.78 is 18.2. The summed E-state index contributed by atoms with van der Waals surface area (Å²) in [5.41, 5.74) is 2.35. The number of hydrogen-bond acceptors (Lipinski definition) is 4. The smallest absolute Gasteiger partial charge is 0.276 e. The molecule has 1 aromatic carbocycles. The highest BCUT2D eigenvalue weighted by atomic mass is 19.1. The van der Waals surface area contributed by atoms with E-state index in [0.29, 0.717) is 18.8 Å². The molecule has 6 heteroatoms. The summed E-state index contributed by atoms with van der Waals surface area (Å²) in [4.78, 5) is 14.3. The van der Waals surface area contributed by atoms with Crippen molar-refractivity contribution in [3.63, 3.8) is 0 Å². The molecule has 0 saturated carbocycles. The van der Waals surface area contributed by atoms with Gasteiger partial charge in [-0.15, -0.1) is 0 Å². The van der Waals surface area contributed by atoms with Crippen LogP contribution in [0.1, 0.15) is 34.7 Å². The summed E-state index contributed by atoms with van der Waals surface area (Å²) >= 11 is 0. The molecule has 5 nitrogen and oxygen atoms in total. The number of hydrogen-bond donors (Lipinski definition) is 1. The summed E-state index contributed by atoms with van der Waals surface area (Å²) in [6.45, 7) is 1.25. The van der Waals surface area contributed by atoms with E-state index in [0.717, 1.165) is 42.7 Å². The van der Waals surface area contributed by atoms with E-state index in [1.807, 2.05) is 0 Å². The second kappa shape index (κ2) is 5.68. The van der Waals surface area contributed by atoms with Gasteiger partial charge in [-0.25, -0.2) is 4.39 Å². The SMILES string of the molecule is O=C(c1noc2c1CCCC2)N1CC(Nc2ccc(F)cc2)C1. The number of nitrogens with zero attached hydrogens (tertiary/aromatic N) is 2. The molecule has 1 fully saturated rings. The Bertz CT molecular complexity index is 720. The number of carbonyl (C=O) groups is 1. The van der Waals surface area contributed by atoms with Gasteiger partial charge in [0, 0.05) is 30.8 Å². The Balaban J connectivity index is 1.37. The lowest BCUT2D eigenvalue weighted by atomic mass is 9.95. The van der Waals surface area contributed by atoms with E-state index >= 15 is 0 Å². The van der Waals surface area contributed by atoms with Crippen molar-refractivity contribution < 1.29 is 13.7 Å². The van der Waals surface area contributed by atoms with Crippen LogP contribution in [0.4, 0.5) is 10.1 Å². The molecule has 0 spiro atoms. The van der Waals surface area contributed by atoms with E-state index < -0.39 is 0 Å². The fraction of sp³-hybridized carbons (Fsp3) is 0.412. The number of benzene rings is 1. The molecule has 23 heavy (non-hydrogen) atoms. The minimum Gasteiger partial charge on any atom is -0.379 e. The predicted octanol–water partition coefficient (Wildman–Crippen LogP) is 2.63. The number of carbonyl (C=O) groups excluding carboxylic acids is 1. The van der Waals surface area contributed by atoms with Crippen molar-refractivity contribution in [3.05, 3.63) is 47.1 Å². The van der Waals surface area contributed by atoms with E-state index in [-0.39, 0.29) is 17.8 Å². The molecule has 1 amide bonds. The molecule has 2 heterocycles. The van der Waals surface area contributed by atoms with Gasteiger partial charge in [0.25, 0.3) is 5.91 Å². The number of nitrogens with one attached hydrogen (secondary N) is 1. The fourth-order valence-corrected chi connectivity index (χ4v) is 3.22. The Morgan fingerprint density at radius 2 is 1.96 bits per heavy atom. The lowest BCUT2D eigenvalue weighted by Crippen LogP contribution is -2.57. The van der Waals surface area contributed by atoms with Gasteiger partial charge in [-0.3, -0.25) is 4.79 Å². The van der Waals surface area contributed by atoms with Crippen molar-refractivity contribution in [2.24, 2.45) is 0 Å². The molecule has 0 unspecified atom stereocenters. The van der Waals surface area contributed by atoms with Gasteiger partial charge in [0.05, 0.1) is 6.04 Å². The van der Waals surface area contributed by atoms with Gasteiger partial charge in [-0.2, -0.15) is 0 Å². The number of aromatic nitrogens is 1. The minimum absolute atomic E-state index is 0.0472. The monoisotopic (exact) mass is 315 g/mol. The molecule has 2 aliphatic rings. The van der Waals surface area contributed by atoms with Gasteiger partial charge in [0.15, 0.2) is 5.69 Å². The summed E-state index contributed by atoms with van der Waals surface area (Å²) in [6, 6.07) is 6.44. The highest BCUT2D eigenvalue weighted by Crippen LogP contribution is 2.26. The Kier molecular flexibility index (Phi) is 3.52. The van der Waals surface area contributed by atoms with E-state index in [4.69, 9.17) is 4.52 Å². The maximum absolute atomic E-state index is 12.9. The summed E-state index contributed by atoms with van der Waals surface area (Å²) in [5.74, 6) is 0.576. The largest absolute Gasteiger partial charge is 0.379 e. The summed E-state index contributed by atoms with van der Waals surface area (Å²) in [7, 11) is 0. The first-order valence-corrected chi connectivity index (χ1v) is 7.99. The number of aryl methyl sites for hydroxylation is 1. The van der Waals surface area contributed by atoms with Crippen molar-refractivity contribution >= 4 is 11.6 Å². The lowest BCUT2D eigenvalue weighted by Gasteiger charge is -2.39. The molecule has 0 bridgehead atoms. The molecule has 4 rings (SSSR count). The van der Waals surface area contributed by atoms with Crippen molar-refractivity contribution in [3.8, 4) is 0 Å². The second-order valence-electron chi connectivity index (χ2n) is 6.20. The number of fused-ring (bicyclic) bond motifs is 1. The van der Waals surface area contributed by atoms with Gasteiger partial charge in [0.1, 0.15) is 11.6 Å². The van der Waals surface area contributed by atoms with Crippen LogP contribution < -0.4 is 5.32 Å². The average molecular weight is 315 g/mol. The Morgan fingerprint density at radius 3 is 2.74 bits per heavy atom. The average Bonchev–Trinajstić information content (AvgIpc) is 2.96. The fourth-order valence-electron chi connectivity index (χ4n) is 3.22. The van der Waals surface area contributed by atoms with Crippen molar-refractivity contribution in [1.29, 1.82) is 0 Å². The number of rotatable bonds is 3. The van der Waals surface area contributed by atoms with Crippen LogP contribution in [0.25, 0.3) is 0 Å². The number of halogens is 1. The van der Waals surface area contributed by atoms with Gasteiger partial charge < -0.3 is 14.7 Å². The minimum atomic E-state index is -0.253. The molecule has 1 saturated heterocycles. The molecular formula is C17H18FN3O2. The third kappa shape index (κ3) is 2.69. The number of amides is 1. The molecule has 2 aromatic rings. The van der Waals surface area contributed by atoms with Crippen LogP contribution in [-0.2, 0) is 12.8 Å². The maximum Gasteiger partial charge on any atom is 0.276 e. The molecule has 120 valence electrons. The van der Waals surface area contributed by atoms with Gasteiger partial charge >= 0.3 is 0 Å². The molecule has 1 aromatic heterocycles. The van der Waals surface area contributed by atoms with Crippen LogP contribution >= 0.6 is 0 Å². The normalized spacial score (nSPS) is 17.5. The zero-order valence-corrected chi connectivity index (χ0v) is 12.7. The zero-order chi connectivity index (χ0) is 15.8. The van der Waals surface area contributed by atoms with Gasteiger partial charge in [0.2, 0.25) is 0 Å². The van der Waals surface area contributed by atoms with E-state index in [2.05, 4.69) is 10.5 Å². The van der Waals surface area contributed by atoms with Crippen LogP contribution in [0.15, 0.2) is 28.8 Å². The molecule has 0 atom stereocenters. The number of anilines is 1. The first-order chi connectivity index (χ1) is 11.2. The van der Waals surface area contributed by atoms with Crippen molar-refractivity contribution in [1.82, 2.24) is 10.1 Å². The highest BCUT2D eigenvalue weighted by Gasteiger charge is 2.35. The van der Waals surface area contributed by atoms with Crippen molar-refractivity contribution in [2.75, 3.05) is 18.4 Å². The van der Waals surface area contributed by atoms with Gasteiger partial charge in [-0.1, -0.05) is 5.16 Å². The maximum atomic E-state index is 12.9. The van der Waals surface area contributed by atoms with Crippen LogP contribution in [0.2, 0.25) is 0 Å². The third-order valence-electron chi connectivity index (χ3n) is 4.54. The Morgan fingerprint density at radius 1 is 1.22 bits per heavy atom. The molecule has 1 aliphatic heterocycles. The summed E-state index contributed by atoms with van der Waals surface area (Å²) in [6.07, 6.45) is 3.95. The Labute approximate surface area is 133 Å². The first kappa shape index (κ1) is 14.2. The molecule has 1 aliphatic carbocycles. The summed E-state index contributed by atoms with van der Waals surface area (Å²) in [5, 5.41) is 7.28. The van der Waals surface area contributed by atoms with Crippen molar-refractivity contribution in [2.45, 2.75) is 31.7 Å². The third-order valence-corrected chi connectivity index (χ3v) is 4.54. The highest BCUT2D eigenvalue weighted by molar-refractivity contribution is 5.94. The molecule has 0 radical (unpaired) electrons. The van der Waals surface area contributed by atoms with Crippen LogP contribution in [-0.4, -0.2) is 35.1 Å². The van der Waals surface area contributed by atoms with Crippen LogP contribution in [0, 0.1) is 5.82 Å². The van der Waals surface area contributed by atoms with Crippen LogP contribution in [0.3, 0.4) is 0 Å². The van der Waals surface area contributed by atoms with Crippen LogP contribution in [0.5, 0.6) is 0 Å². The quantitative estimate of drug-likeness (QED) is 0.946. The molecular weight excluding hydrogens is 297 g/mol. The topological polar surface area (TPSA) is 58.4 Å². The predicted molar refractivity (Wildman–Crippen MR) is 82.9 cm³/mol. The standard InChI is InChI=1S/C17H18FN3O2/c18-11-5-7-12(8-6-11)19-13-9-21(10-13)17(22)16-14-3-1-2-4-15(14)23-20-16/h5-8,13,19H,1-4,9-10H2. The lowest BCUT2D eigenvalue weighted by molar-refractivity contribution is 0.0613. The molecule has 1 N–H and O–H groups in total. The van der Waals surface area contributed by atoms with E-state index in [1.165, 1.54) is 12.1 Å². The van der Waals surface area contributed by atoms with E-state index in [1.54, 1.807) is 17.0 Å². The number of likely N-dealkylation sites (tertiary alicyclic amines) is 1. The first-order valence-electron chi connectivity index (χ1n) is 7.99.